The first kappa shape index (κ1) is 19.3. The van der Waals surface area contributed by atoms with Crippen LogP contribution < -0.4 is 10.6 Å². The molecular weight excluding hydrogens is 388 g/mol. The minimum Gasteiger partial charge on any atom is -0.444 e. The summed E-state index contributed by atoms with van der Waals surface area (Å²) in [6, 6.07) is 11.2. The average molecular weight is 410 g/mol. The maximum atomic E-state index is 12.0. The van der Waals surface area contributed by atoms with Gasteiger partial charge in [-0.3, -0.25) is 10.1 Å². The van der Waals surface area contributed by atoms with Crippen molar-refractivity contribution in [3.8, 4) is 11.3 Å². The topological polar surface area (TPSA) is 93.2 Å². The highest BCUT2D eigenvalue weighted by molar-refractivity contribution is 7.22. The van der Waals surface area contributed by atoms with E-state index < -0.39 is 11.7 Å². The number of pyridine rings is 1. The molecule has 1 saturated carbocycles. The zero-order valence-corrected chi connectivity index (χ0v) is 17.3. The Hall–Kier alpha value is -3.00. The number of amides is 2. The van der Waals surface area contributed by atoms with E-state index in [1.54, 1.807) is 6.07 Å². The number of aromatic nitrogens is 2. The molecule has 0 unspecified atom stereocenters. The first-order valence-corrected chi connectivity index (χ1v) is 10.3. The van der Waals surface area contributed by atoms with Crippen LogP contribution in [-0.4, -0.2) is 27.6 Å². The van der Waals surface area contributed by atoms with Gasteiger partial charge in [-0.1, -0.05) is 23.5 Å². The molecule has 3 aromatic rings. The van der Waals surface area contributed by atoms with Crippen molar-refractivity contribution in [3.63, 3.8) is 0 Å². The first-order valence-electron chi connectivity index (χ1n) is 9.46. The Balaban J connectivity index is 1.53. The van der Waals surface area contributed by atoms with Crippen LogP contribution in [-0.2, 0) is 9.53 Å². The van der Waals surface area contributed by atoms with Crippen molar-refractivity contribution in [1.82, 2.24) is 9.97 Å². The fourth-order valence-corrected chi connectivity index (χ4v) is 3.60. The zero-order chi connectivity index (χ0) is 20.6. The van der Waals surface area contributed by atoms with E-state index in [4.69, 9.17) is 4.74 Å². The highest BCUT2D eigenvalue weighted by atomic mass is 32.1. The normalized spacial score (nSPS) is 13.9. The molecule has 1 aromatic carbocycles. The highest BCUT2D eigenvalue weighted by Gasteiger charge is 2.30. The van der Waals surface area contributed by atoms with Crippen LogP contribution in [0, 0.1) is 5.92 Å². The van der Waals surface area contributed by atoms with E-state index in [0.29, 0.717) is 10.8 Å². The standard InChI is InChI=1S/C21H22N4O3S/c1-21(2,3)28-20(27)22-14-6-4-5-13(11-14)15-9-10-16-18(23-15)29-19(24-16)25-17(26)12-7-8-12/h4-6,9-12H,7-8H2,1-3H3,(H,22,27)(H,24,25,26). The van der Waals surface area contributed by atoms with Gasteiger partial charge in [0.05, 0.1) is 5.69 Å². The number of thiazole rings is 1. The molecule has 7 nitrogen and oxygen atoms in total. The fraction of sp³-hybridized carbons (Fsp3) is 0.333. The maximum absolute atomic E-state index is 12.0. The summed E-state index contributed by atoms with van der Waals surface area (Å²) in [7, 11) is 0. The van der Waals surface area contributed by atoms with Gasteiger partial charge in [-0.15, -0.1) is 0 Å². The van der Waals surface area contributed by atoms with E-state index in [0.717, 1.165) is 34.4 Å². The molecule has 2 aromatic heterocycles. The lowest BCUT2D eigenvalue weighted by atomic mass is 10.1. The van der Waals surface area contributed by atoms with Crippen LogP contribution in [0.2, 0.25) is 0 Å². The van der Waals surface area contributed by atoms with E-state index in [2.05, 4.69) is 20.6 Å². The largest absolute Gasteiger partial charge is 0.444 e. The van der Waals surface area contributed by atoms with Crippen molar-refractivity contribution in [2.75, 3.05) is 10.6 Å². The number of nitrogens with zero attached hydrogens (tertiary/aromatic N) is 2. The monoisotopic (exact) mass is 410 g/mol. The van der Waals surface area contributed by atoms with Gasteiger partial charge in [0.25, 0.3) is 0 Å². The van der Waals surface area contributed by atoms with E-state index in [-0.39, 0.29) is 11.8 Å². The minimum atomic E-state index is -0.562. The molecule has 0 bridgehead atoms. The average Bonchev–Trinajstić information content (AvgIpc) is 3.40. The molecule has 8 heteroatoms. The van der Waals surface area contributed by atoms with E-state index in [1.807, 2.05) is 51.1 Å². The third kappa shape index (κ3) is 4.89. The van der Waals surface area contributed by atoms with Crippen LogP contribution in [0.1, 0.15) is 33.6 Å². The summed E-state index contributed by atoms with van der Waals surface area (Å²) in [4.78, 5) is 33.8. The lowest BCUT2D eigenvalue weighted by Crippen LogP contribution is -2.27. The van der Waals surface area contributed by atoms with Crippen molar-refractivity contribution in [3.05, 3.63) is 36.4 Å². The number of nitrogens with one attached hydrogen (secondary N) is 2. The number of hydrogen-bond acceptors (Lipinski definition) is 6. The number of fused-ring (bicyclic) bond motifs is 1. The van der Waals surface area contributed by atoms with Gasteiger partial charge in [0.2, 0.25) is 5.91 Å². The van der Waals surface area contributed by atoms with Gasteiger partial charge in [-0.2, -0.15) is 0 Å². The number of rotatable bonds is 4. The SMILES string of the molecule is CC(C)(C)OC(=O)Nc1cccc(-c2ccc3nc(NC(=O)C4CC4)sc3n2)c1. The predicted molar refractivity (Wildman–Crippen MR) is 114 cm³/mol. The lowest BCUT2D eigenvalue weighted by molar-refractivity contribution is -0.117. The molecule has 0 spiro atoms. The van der Waals surface area contributed by atoms with Gasteiger partial charge in [0.15, 0.2) is 5.13 Å². The number of hydrogen-bond donors (Lipinski definition) is 2. The minimum absolute atomic E-state index is 0.0326. The van der Waals surface area contributed by atoms with E-state index >= 15 is 0 Å². The molecule has 0 atom stereocenters. The van der Waals surface area contributed by atoms with Crippen LogP contribution in [0.25, 0.3) is 21.6 Å². The van der Waals surface area contributed by atoms with Crippen molar-refractivity contribution in [2.45, 2.75) is 39.2 Å². The Morgan fingerprint density at radius 2 is 1.90 bits per heavy atom. The Bertz CT molecular complexity index is 1080. The summed E-state index contributed by atoms with van der Waals surface area (Å²) in [5, 5.41) is 6.18. The molecule has 1 fully saturated rings. The quantitative estimate of drug-likeness (QED) is 0.627. The Kier molecular flexibility index (Phi) is 4.96. The third-order valence-electron chi connectivity index (χ3n) is 4.24. The maximum Gasteiger partial charge on any atom is 0.412 e. The zero-order valence-electron chi connectivity index (χ0n) is 16.5. The van der Waals surface area contributed by atoms with Crippen LogP contribution >= 0.6 is 11.3 Å². The van der Waals surface area contributed by atoms with Crippen molar-refractivity contribution < 1.29 is 14.3 Å². The number of benzene rings is 1. The van der Waals surface area contributed by atoms with Gasteiger partial charge in [0.1, 0.15) is 15.9 Å². The van der Waals surface area contributed by atoms with Gasteiger partial charge >= 0.3 is 6.09 Å². The van der Waals surface area contributed by atoms with Crippen molar-refractivity contribution in [1.29, 1.82) is 0 Å². The smallest absolute Gasteiger partial charge is 0.412 e. The second-order valence-corrected chi connectivity index (χ2v) is 8.99. The molecule has 2 amide bonds. The van der Waals surface area contributed by atoms with Gasteiger partial charge in [-0.05, 0) is 57.9 Å². The summed E-state index contributed by atoms with van der Waals surface area (Å²) in [6.45, 7) is 5.45. The molecule has 150 valence electrons. The van der Waals surface area contributed by atoms with Crippen molar-refractivity contribution in [2.24, 2.45) is 5.92 Å². The number of carbonyl (C=O) groups is 2. The van der Waals surface area contributed by atoms with Crippen LogP contribution in [0.15, 0.2) is 36.4 Å². The van der Waals surface area contributed by atoms with E-state index in [9.17, 15) is 9.59 Å². The molecule has 0 saturated heterocycles. The van der Waals surface area contributed by atoms with Crippen LogP contribution in [0.5, 0.6) is 0 Å². The Labute approximate surface area is 172 Å². The second-order valence-electron chi connectivity index (χ2n) is 8.01. The van der Waals surface area contributed by atoms with Gasteiger partial charge < -0.3 is 10.1 Å². The first-order chi connectivity index (χ1) is 13.8. The summed E-state index contributed by atoms with van der Waals surface area (Å²) in [6.07, 6.45) is 1.40. The molecular formula is C21H22N4O3S. The fourth-order valence-electron chi connectivity index (χ4n) is 2.76. The molecule has 0 aliphatic heterocycles. The van der Waals surface area contributed by atoms with Gasteiger partial charge in [-0.25, -0.2) is 14.8 Å². The van der Waals surface area contributed by atoms with Crippen molar-refractivity contribution >= 4 is 44.5 Å². The molecule has 29 heavy (non-hydrogen) atoms. The molecule has 2 N–H and O–H groups in total. The van der Waals surface area contributed by atoms with Crippen LogP contribution in [0.3, 0.4) is 0 Å². The highest BCUT2D eigenvalue weighted by Crippen LogP contribution is 2.32. The lowest BCUT2D eigenvalue weighted by Gasteiger charge is -2.19. The Morgan fingerprint density at radius 3 is 2.62 bits per heavy atom. The summed E-state index contributed by atoms with van der Waals surface area (Å²) in [5.74, 6) is 0.163. The number of carbonyl (C=O) groups excluding carboxylic acids is 2. The predicted octanol–water partition coefficient (Wildman–Crippen LogP) is 5.05. The summed E-state index contributed by atoms with van der Waals surface area (Å²) < 4.78 is 5.29. The Morgan fingerprint density at radius 1 is 1.10 bits per heavy atom. The third-order valence-corrected chi connectivity index (χ3v) is 5.12. The molecule has 1 aliphatic rings. The van der Waals surface area contributed by atoms with Crippen LogP contribution in [0.4, 0.5) is 15.6 Å². The number of anilines is 2. The summed E-state index contributed by atoms with van der Waals surface area (Å²) >= 11 is 1.36. The molecule has 2 heterocycles. The summed E-state index contributed by atoms with van der Waals surface area (Å²) in [5.41, 5.74) is 2.42. The molecule has 4 rings (SSSR count). The van der Waals surface area contributed by atoms with E-state index in [1.165, 1.54) is 11.3 Å². The second kappa shape index (κ2) is 7.44. The van der Waals surface area contributed by atoms with Gasteiger partial charge in [0, 0.05) is 17.2 Å². The molecule has 0 radical (unpaired) electrons. The molecule has 1 aliphatic carbocycles. The number of ether oxygens (including phenoxy) is 1.